The molecule has 5 rings (SSSR count). The highest BCUT2D eigenvalue weighted by Gasteiger charge is 2.51. The highest BCUT2D eigenvalue weighted by atomic mass is 32.1. The lowest BCUT2D eigenvalue weighted by molar-refractivity contribution is -0.140. The van der Waals surface area contributed by atoms with E-state index in [2.05, 4.69) is 5.32 Å². The summed E-state index contributed by atoms with van der Waals surface area (Å²) in [6.07, 6.45) is 0.296. The fraction of sp³-hybridized carbons (Fsp3) is 0.185. The molecule has 0 aliphatic heterocycles. The van der Waals surface area contributed by atoms with Gasteiger partial charge < -0.3 is 9.84 Å². The topological polar surface area (TPSA) is 75.6 Å². The Morgan fingerprint density at radius 2 is 1.66 bits per heavy atom. The number of hydrogen-bond donors (Lipinski definition) is 2. The fourth-order valence-electron chi connectivity index (χ4n) is 4.10. The zero-order valence-corrected chi connectivity index (χ0v) is 20.4. The number of carbonyl (C=O) groups is 2. The molecule has 0 spiro atoms. The monoisotopic (exact) mass is 507 g/mol. The number of anilines is 1. The minimum Gasteiger partial charge on any atom is -0.481 e. The zero-order chi connectivity index (χ0) is 24.6. The maximum absolute atomic E-state index is 14.1. The van der Waals surface area contributed by atoms with E-state index in [1.807, 2.05) is 66.0 Å². The number of hydrogen-bond acceptors (Lipinski definition) is 5. The summed E-state index contributed by atoms with van der Waals surface area (Å²) in [7, 11) is 0. The highest BCUT2D eigenvalue weighted by Crippen LogP contribution is 2.48. The Balaban J connectivity index is 1.31. The number of ether oxygens (including phenoxy) is 1. The lowest BCUT2D eigenvalue weighted by Crippen LogP contribution is -2.19. The first-order valence-electron chi connectivity index (χ1n) is 11.1. The van der Waals surface area contributed by atoms with Gasteiger partial charge in [-0.15, -0.1) is 22.7 Å². The number of aliphatic carboxylic acids is 1. The van der Waals surface area contributed by atoms with Crippen LogP contribution in [0, 0.1) is 5.13 Å². The molecule has 8 heteroatoms. The largest absolute Gasteiger partial charge is 0.481 e. The Morgan fingerprint density at radius 3 is 2.23 bits per heavy atom. The molecule has 2 heterocycles. The molecular formula is C27H22FNO4S2. The first kappa shape index (κ1) is 23.3. The van der Waals surface area contributed by atoms with Gasteiger partial charge in [0.2, 0.25) is 0 Å². The molecule has 1 fully saturated rings. The van der Waals surface area contributed by atoms with Crippen molar-refractivity contribution in [3.05, 3.63) is 87.7 Å². The number of nitrogens with one attached hydrogen (secondary N) is 1. The quantitative estimate of drug-likeness (QED) is 0.269. The van der Waals surface area contributed by atoms with Gasteiger partial charge >= 0.3 is 12.1 Å². The maximum atomic E-state index is 14.1. The van der Waals surface area contributed by atoms with Crippen molar-refractivity contribution >= 4 is 40.4 Å². The molecule has 1 atom stereocenters. The van der Waals surface area contributed by atoms with E-state index >= 15 is 0 Å². The Morgan fingerprint density at radius 1 is 1.03 bits per heavy atom. The number of benzene rings is 2. The fourth-order valence-corrected chi connectivity index (χ4v) is 5.65. The molecule has 1 saturated carbocycles. The summed E-state index contributed by atoms with van der Waals surface area (Å²) in [5, 5.41) is 13.7. The van der Waals surface area contributed by atoms with E-state index in [1.54, 1.807) is 6.92 Å². The van der Waals surface area contributed by atoms with E-state index in [9.17, 15) is 19.1 Å². The number of carboxylic acids is 1. The van der Waals surface area contributed by atoms with Crippen LogP contribution in [-0.2, 0) is 14.9 Å². The van der Waals surface area contributed by atoms with Crippen molar-refractivity contribution in [2.45, 2.75) is 31.3 Å². The SMILES string of the molecule is C[C@@H](OC(=O)Nc1cc(F)sc1-c1ccc(-c2ccc(C3(C(=O)O)CC3)cc2)cc1)c1cccs1. The van der Waals surface area contributed by atoms with E-state index in [4.69, 9.17) is 4.74 Å². The van der Waals surface area contributed by atoms with Gasteiger partial charge in [0.1, 0.15) is 6.10 Å². The third kappa shape index (κ3) is 4.72. The Bertz CT molecular complexity index is 1360. The van der Waals surface area contributed by atoms with E-state index in [0.717, 1.165) is 38.5 Å². The van der Waals surface area contributed by atoms with Gasteiger partial charge in [-0.25, -0.2) is 4.79 Å². The van der Waals surface area contributed by atoms with Crippen LogP contribution in [0.1, 0.15) is 36.3 Å². The molecule has 1 aliphatic rings. The molecule has 2 aromatic heterocycles. The smallest absolute Gasteiger partial charge is 0.412 e. The van der Waals surface area contributed by atoms with Crippen molar-refractivity contribution in [1.82, 2.24) is 0 Å². The molecule has 4 aromatic rings. The highest BCUT2D eigenvalue weighted by molar-refractivity contribution is 7.14. The van der Waals surface area contributed by atoms with Crippen molar-refractivity contribution in [3.63, 3.8) is 0 Å². The number of halogens is 1. The van der Waals surface area contributed by atoms with E-state index in [-0.39, 0.29) is 0 Å². The number of thiophene rings is 2. The number of carboxylic acid groups (broad SMARTS) is 1. The average Bonchev–Trinajstić information content (AvgIpc) is 3.32. The molecule has 2 N–H and O–H groups in total. The van der Waals surface area contributed by atoms with E-state index in [1.165, 1.54) is 17.4 Å². The van der Waals surface area contributed by atoms with Crippen LogP contribution in [-0.4, -0.2) is 17.2 Å². The van der Waals surface area contributed by atoms with Crippen LogP contribution in [0.3, 0.4) is 0 Å². The summed E-state index contributed by atoms with van der Waals surface area (Å²) in [5.41, 5.74) is 3.15. The van der Waals surface area contributed by atoms with Gasteiger partial charge in [0.15, 0.2) is 5.13 Å². The third-order valence-electron chi connectivity index (χ3n) is 6.24. The van der Waals surface area contributed by atoms with E-state index < -0.39 is 28.7 Å². The Kier molecular flexibility index (Phi) is 6.17. The molecule has 0 bridgehead atoms. The van der Waals surface area contributed by atoms with Gasteiger partial charge in [-0.2, -0.15) is 4.39 Å². The first-order chi connectivity index (χ1) is 16.9. The van der Waals surface area contributed by atoms with Crippen LogP contribution >= 0.6 is 22.7 Å². The van der Waals surface area contributed by atoms with Crippen LogP contribution in [0.4, 0.5) is 14.9 Å². The van der Waals surface area contributed by atoms with Crippen molar-refractivity contribution in [2.24, 2.45) is 0 Å². The molecule has 0 radical (unpaired) electrons. The second-order valence-electron chi connectivity index (χ2n) is 8.52. The summed E-state index contributed by atoms with van der Waals surface area (Å²) in [4.78, 5) is 25.5. The molecule has 2 aromatic carbocycles. The average molecular weight is 508 g/mol. The lowest BCUT2D eigenvalue weighted by atomic mass is 9.93. The lowest BCUT2D eigenvalue weighted by Gasteiger charge is -2.13. The molecule has 178 valence electrons. The summed E-state index contributed by atoms with van der Waals surface area (Å²) in [6, 6.07) is 20.3. The number of rotatable bonds is 7. The molecule has 1 aliphatic carbocycles. The van der Waals surface area contributed by atoms with Crippen molar-refractivity contribution in [1.29, 1.82) is 0 Å². The van der Waals surface area contributed by atoms with E-state index in [0.29, 0.717) is 23.4 Å². The van der Waals surface area contributed by atoms with Gasteiger partial charge in [0, 0.05) is 10.9 Å². The Labute approximate surface area is 209 Å². The van der Waals surface area contributed by atoms with Crippen LogP contribution in [0.2, 0.25) is 0 Å². The van der Waals surface area contributed by atoms with Crippen molar-refractivity contribution < 1.29 is 23.8 Å². The molecular weight excluding hydrogens is 485 g/mol. The van der Waals surface area contributed by atoms with Crippen LogP contribution in [0.25, 0.3) is 21.6 Å². The number of carbonyl (C=O) groups excluding carboxylic acids is 1. The standard InChI is InChI=1S/C27H22FNO4S2/c1-16(22-3-2-14-34-22)33-26(32)29-21-15-23(28)35-24(21)19-6-4-17(5-7-19)18-8-10-20(11-9-18)27(12-13-27)25(30)31/h2-11,14-16H,12-13H2,1H3,(H,29,32)(H,30,31)/t16-/m1/s1. The van der Waals surface area contributed by atoms with Gasteiger partial charge in [-0.3, -0.25) is 10.1 Å². The van der Waals surface area contributed by atoms with Gasteiger partial charge in [-0.1, -0.05) is 54.6 Å². The first-order valence-corrected chi connectivity index (χ1v) is 12.8. The zero-order valence-electron chi connectivity index (χ0n) is 18.8. The van der Waals surface area contributed by atoms with Gasteiger partial charge in [-0.05, 0) is 53.5 Å². The maximum Gasteiger partial charge on any atom is 0.412 e. The number of amides is 1. The third-order valence-corrected chi connectivity index (χ3v) is 8.25. The summed E-state index contributed by atoms with van der Waals surface area (Å²) < 4.78 is 19.6. The summed E-state index contributed by atoms with van der Waals surface area (Å²) in [6.45, 7) is 1.79. The van der Waals surface area contributed by atoms with Crippen LogP contribution in [0.5, 0.6) is 0 Å². The van der Waals surface area contributed by atoms with Crippen LogP contribution in [0.15, 0.2) is 72.1 Å². The van der Waals surface area contributed by atoms with Gasteiger partial charge in [0.05, 0.1) is 16.0 Å². The van der Waals surface area contributed by atoms with Crippen molar-refractivity contribution in [3.8, 4) is 21.6 Å². The normalized spacial score (nSPS) is 14.8. The summed E-state index contributed by atoms with van der Waals surface area (Å²) >= 11 is 2.45. The van der Waals surface area contributed by atoms with Gasteiger partial charge in [0.25, 0.3) is 0 Å². The molecule has 0 unspecified atom stereocenters. The Hall–Kier alpha value is -3.49. The predicted octanol–water partition coefficient (Wildman–Crippen LogP) is 7.71. The molecule has 1 amide bonds. The molecule has 5 nitrogen and oxygen atoms in total. The van der Waals surface area contributed by atoms with Crippen molar-refractivity contribution in [2.75, 3.05) is 5.32 Å². The minimum atomic E-state index is -0.771. The second kappa shape index (κ2) is 9.28. The van der Waals surface area contributed by atoms with Crippen LogP contribution < -0.4 is 5.32 Å². The minimum absolute atomic E-state index is 0.358. The second-order valence-corrected chi connectivity index (χ2v) is 10.5. The summed E-state index contributed by atoms with van der Waals surface area (Å²) in [5.74, 6) is -0.771. The predicted molar refractivity (Wildman–Crippen MR) is 137 cm³/mol. The molecule has 0 saturated heterocycles. The molecule has 35 heavy (non-hydrogen) atoms.